The zero-order chi connectivity index (χ0) is 26.7. The van der Waals surface area contributed by atoms with Gasteiger partial charge in [-0.2, -0.15) is 0 Å². The quantitative estimate of drug-likeness (QED) is 0.474. The van der Waals surface area contributed by atoms with Crippen LogP contribution in [0, 0.1) is 35.0 Å². The summed E-state index contributed by atoms with van der Waals surface area (Å²) in [5, 5.41) is 24.0. The molecule has 7 heteroatoms. The predicted molar refractivity (Wildman–Crippen MR) is 145 cm³/mol. The summed E-state index contributed by atoms with van der Waals surface area (Å²) in [6, 6.07) is 0. The van der Waals surface area contributed by atoms with Crippen LogP contribution in [0.5, 0.6) is 0 Å². The van der Waals surface area contributed by atoms with E-state index in [1.165, 1.54) is 0 Å². The molecule has 4 rings (SSSR count). The summed E-state index contributed by atoms with van der Waals surface area (Å²) in [4.78, 5) is 12.9. The Kier molecular flexibility index (Phi) is 6.22. The third-order valence-electron chi connectivity index (χ3n) is 10.6. The average Bonchev–Trinajstić information content (AvgIpc) is 3.05. The molecule has 2 N–H and O–H groups in total. The van der Waals surface area contributed by atoms with Crippen LogP contribution in [0.3, 0.4) is 0 Å². The van der Waals surface area contributed by atoms with Crippen molar-refractivity contribution >= 4 is 22.4 Å². The van der Waals surface area contributed by atoms with Gasteiger partial charge in [0.1, 0.15) is 5.60 Å². The lowest BCUT2D eigenvalue weighted by Crippen LogP contribution is -2.62. The summed E-state index contributed by atoms with van der Waals surface area (Å²) in [5.74, 6) is 0.553. The molecule has 0 amide bonds. The van der Waals surface area contributed by atoms with Crippen LogP contribution >= 0.6 is 0 Å². The van der Waals surface area contributed by atoms with Crippen LogP contribution in [0.25, 0.3) is 0 Å². The molecule has 9 atom stereocenters. The van der Waals surface area contributed by atoms with E-state index in [0.717, 1.165) is 6.42 Å². The van der Waals surface area contributed by atoms with Crippen molar-refractivity contribution < 1.29 is 23.9 Å². The molecule has 3 fully saturated rings. The number of hydrogen-bond acceptors (Lipinski definition) is 5. The van der Waals surface area contributed by atoms with Crippen LogP contribution in [0.15, 0.2) is 11.6 Å². The number of carbonyl (C=O) groups is 1. The molecule has 4 aliphatic rings. The number of aliphatic hydroxyl groups is 2. The Bertz CT molecular complexity index is 929. The average molecular weight is 523 g/mol. The van der Waals surface area contributed by atoms with Gasteiger partial charge in [0.2, 0.25) is 0 Å². The normalized spacial score (nSPS) is 45.3. The monoisotopic (exact) mass is 522 g/mol. The van der Waals surface area contributed by atoms with Gasteiger partial charge in [-0.25, -0.2) is 0 Å². The van der Waals surface area contributed by atoms with Gasteiger partial charge in [-0.05, 0) is 79.0 Å². The third-order valence-corrected chi connectivity index (χ3v) is 16.0. The molecule has 0 unspecified atom stereocenters. The van der Waals surface area contributed by atoms with Crippen molar-refractivity contribution in [2.75, 3.05) is 0 Å². The van der Waals surface area contributed by atoms with Crippen molar-refractivity contribution in [2.24, 2.45) is 35.0 Å². The lowest BCUT2D eigenvalue weighted by atomic mass is 9.62. The maximum Gasteiger partial charge on any atom is 0.192 e. The Balaban J connectivity index is 2.02. The number of ketones is 1. The van der Waals surface area contributed by atoms with E-state index in [1.54, 1.807) is 6.08 Å². The fourth-order valence-electron chi connectivity index (χ4n) is 7.78. The van der Waals surface area contributed by atoms with Gasteiger partial charge in [0, 0.05) is 18.3 Å². The summed E-state index contributed by atoms with van der Waals surface area (Å²) in [5.41, 5.74) is -1.66. The fraction of sp³-hybridized carbons (Fsp3) is 0.893. The molecule has 0 aliphatic heterocycles. The Morgan fingerprint density at radius 1 is 1.06 bits per heavy atom. The lowest BCUT2D eigenvalue weighted by molar-refractivity contribution is -0.124. The Morgan fingerprint density at radius 3 is 2.14 bits per heavy atom. The number of allylic oxidation sites excluding steroid dienone is 1. The summed E-state index contributed by atoms with van der Waals surface area (Å²) in [6.45, 7) is 26.9. The number of aliphatic hydroxyl groups excluding tert-OH is 1. The maximum atomic E-state index is 12.9. The number of carbonyl (C=O) groups excluding carboxylic acids is 1. The molecule has 200 valence electrons. The van der Waals surface area contributed by atoms with E-state index >= 15 is 0 Å². The van der Waals surface area contributed by atoms with Crippen molar-refractivity contribution in [1.82, 2.24) is 0 Å². The molecule has 0 heterocycles. The first-order valence-electron chi connectivity index (χ1n) is 13.6. The number of rotatable bonds is 4. The molecule has 35 heavy (non-hydrogen) atoms. The fourth-order valence-corrected chi connectivity index (χ4v) is 10.6. The van der Waals surface area contributed by atoms with E-state index in [4.69, 9.17) is 8.85 Å². The van der Waals surface area contributed by atoms with Gasteiger partial charge in [-0.1, -0.05) is 48.5 Å². The van der Waals surface area contributed by atoms with Gasteiger partial charge in [0.05, 0.1) is 17.8 Å². The first kappa shape index (κ1) is 27.7. The minimum atomic E-state index is -2.23. The molecule has 3 saturated carbocycles. The van der Waals surface area contributed by atoms with Gasteiger partial charge in [0.25, 0.3) is 0 Å². The minimum absolute atomic E-state index is 0.00697. The van der Waals surface area contributed by atoms with Crippen molar-refractivity contribution in [3.63, 3.8) is 0 Å². The second-order valence-corrected chi connectivity index (χ2v) is 24.6. The maximum absolute atomic E-state index is 12.9. The highest BCUT2D eigenvalue weighted by Gasteiger charge is 2.76. The smallest absolute Gasteiger partial charge is 0.192 e. The van der Waals surface area contributed by atoms with Crippen molar-refractivity contribution in [3.8, 4) is 0 Å². The summed E-state index contributed by atoms with van der Waals surface area (Å²) in [7, 11) is -4.39. The van der Waals surface area contributed by atoms with E-state index in [-0.39, 0.29) is 46.5 Å². The Hall–Kier alpha value is -0.316. The zero-order valence-electron chi connectivity index (χ0n) is 24.2. The summed E-state index contributed by atoms with van der Waals surface area (Å²) < 4.78 is 14.6. The van der Waals surface area contributed by atoms with E-state index in [0.29, 0.717) is 17.4 Å². The lowest BCUT2D eigenvalue weighted by Gasteiger charge is -2.56. The molecular formula is C28H50O5Si2. The molecule has 0 saturated heterocycles. The molecule has 0 bridgehead atoms. The van der Waals surface area contributed by atoms with Crippen molar-refractivity contribution in [3.05, 3.63) is 11.6 Å². The minimum Gasteiger partial charge on any atom is -0.413 e. The Labute approximate surface area is 215 Å². The summed E-state index contributed by atoms with van der Waals surface area (Å²) in [6.07, 6.45) is 1.22. The second kappa shape index (κ2) is 7.85. The molecular weight excluding hydrogens is 472 g/mol. The third kappa shape index (κ3) is 3.94. The van der Waals surface area contributed by atoms with E-state index in [2.05, 4.69) is 74.3 Å². The van der Waals surface area contributed by atoms with Crippen LogP contribution in [-0.2, 0) is 13.6 Å². The highest BCUT2D eigenvalue weighted by atomic mass is 28.4. The topological polar surface area (TPSA) is 76.0 Å². The van der Waals surface area contributed by atoms with Crippen LogP contribution < -0.4 is 0 Å². The summed E-state index contributed by atoms with van der Waals surface area (Å²) >= 11 is 0. The zero-order valence-corrected chi connectivity index (χ0v) is 26.2. The first-order chi connectivity index (χ1) is 15.6. The Morgan fingerprint density at radius 2 is 1.63 bits per heavy atom. The number of hydrogen-bond donors (Lipinski definition) is 2. The molecule has 5 nitrogen and oxygen atoms in total. The molecule has 0 spiro atoms. The predicted octanol–water partition coefficient (Wildman–Crippen LogP) is 5.54. The van der Waals surface area contributed by atoms with Gasteiger partial charge < -0.3 is 19.1 Å². The van der Waals surface area contributed by atoms with Gasteiger partial charge in [-0.15, -0.1) is 0 Å². The standard InChI is InChI=1S/C28H50O5Si2/c1-16-13-19-21(26(19,6)7)22-23(32-35(11,12)25(3,4)5)17(2)24(30)27(31)15-18(29)14-20(27)28(16,22)33-34(8,9)10/h14,16-17,19,21-24,30-31H,13,15H2,1-12H3/t16-,17+,19-,21-,22-,23-,24-,27+,28+/m1/s1. The molecule has 0 aromatic carbocycles. The van der Waals surface area contributed by atoms with Gasteiger partial charge in [-0.3, -0.25) is 4.79 Å². The van der Waals surface area contributed by atoms with Gasteiger partial charge >= 0.3 is 0 Å². The van der Waals surface area contributed by atoms with E-state index < -0.39 is 33.9 Å². The van der Waals surface area contributed by atoms with Crippen LogP contribution in [0.2, 0.25) is 37.8 Å². The molecule has 4 aliphatic carbocycles. The van der Waals surface area contributed by atoms with Crippen LogP contribution in [0.1, 0.15) is 61.3 Å². The van der Waals surface area contributed by atoms with Gasteiger partial charge in [0.15, 0.2) is 22.4 Å². The number of fused-ring (bicyclic) bond motifs is 5. The van der Waals surface area contributed by atoms with E-state index in [1.807, 2.05) is 6.92 Å². The molecule has 0 aromatic heterocycles. The molecule has 0 radical (unpaired) electrons. The van der Waals surface area contributed by atoms with Crippen LogP contribution in [0.4, 0.5) is 0 Å². The largest absolute Gasteiger partial charge is 0.413 e. The van der Waals surface area contributed by atoms with Crippen molar-refractivity contribution in [2.45, 2.75) is 122 Å². The highest BCUT2D eigenvalue weighted by Crippen LogP contribution is 2.74. The van der Waals surface area contributed by atoms with Crippen LogP contribution in [-0.4, -0.2) is 56.0 Å². The van der Waals surface area contributed by atoms with E-state index in [9.17, 15) is 15.0 Å². The second-order valence-electron chi connectivity index (χ2n) is 15.4. The van der Waals surface area contributed by atoms with Crippen molar-refractivity contribution in [1.29, 1.82) is 0 Å². The first-order valence-corrected chi connectivity index (χ1v) is 20.0. The SMILES string of the molecule is C[C@H]1[C@@H](O[Si](C)(C)C(C)(C)C)[C@H]2[C@H]3[C@@H](C[C@@H](C)[C@]2(O[Si](C)(C)C)C2=CC(=O)C[C@@]2(O)[C@@H]1O)C3(C)C. The molecule has 0 aromatic rings. The highest BCUT2D eigenvalue weighted by molar-refractivity contribution is 6.74.